The second kappa shape index (κ2) is 3.56. The van der Waals surface area contributed by atoms with Crippen LogP contribution in [-0.2, 0) is 0 Å². The van der Waals surface area contributed by atoms with E-state index in [2.05, 4.69) is 51.5 Å². The van der Waals surface area contributed by atoms with Gasteiger partial charge < -0.3 is 0 Å². The largest absolute Gasteiger partial charge is 0.0620 e. The summed E-state index contributed by atoms with van der Waals surface area (Å²) in [6.45, 7) is 6.49. The van der Waals surface area contributed by atoms with E-state index in [1.165, 1.54) is 11.1 Å². The van der Waals surface area contributed by atoms with Gasteiger partial charge >= 0.3 is 0 Å². The molecule has 0 heterocycles. The van der Waals surface area contributed by atoms with Crippen LogP contribution in [0.5, 0.6) is 0 Å². The molecule has 0 saturated heterocycles. The summed E-state index contributed by atoms with van der Waals surface area (Å²) in [4.78, 5) is 0. The van der Waals surface area contributed by atoms with Gasteiger partial charge in [0.1, 0.15) is 0 Å². The first kappa shape index (κ1) is 8.32. The Morgan fingerprint density at radius 2 is 1.91 bits per heavy atom. The van der Waals surface area contributed by atoms with Crippen LogP contribution in [0.4, 0.5) is 0 Å². The van der Waals surface area contributed by atoms with E-state index in [0.29, 0.717) is 5.92 Å². The van der Waals surface area contributed by atoms with Gasteiger partial charge in [0.2, 0.25) is 0 Å². The molecule has 1 radical (unpaired) electrons. The minimum absolute atomic E-state index is 0.580. The summed E-state index contributed by atoms with van der Waals surface area (Å²) in [7, 11) is 0. The zero-order chi connectivity index (χ0) is 8.27. The van der Waals surface area contributed by atoms with E-state index < -0.39 is 0 Å². The quantitative estimate of drug-likeness (QED) is 0.602. The van der Waals surface area contributed by atoms with E-state index in [1.807, 2.05) is 0 Å². The number of hydrogen-bond acceptors (Lipinski definition) is 0. The number of benzene rings is 1. The van der Waals surface area contributed by atoms with Crippen molar-refractivity contribution in [3.8, 4) is 0 Å². The molecule has 0 saturated carbocycles. The van der Waals surface area contributed by atoms with Gasteiger partial charge in [-0.2, -0.15) is 0 Å². The van der Waals surface area contributed by atoms with E-state index in [-0.39, 0.29) is 0 Å². The average molecular weight is 147 g/mol. The molecule has 0 aliphatic rings. The molecule has 0 amide bonds. The fraction of sp³-hybridized carbons (Fsp3) is 0.364. The van der Waals surface area contributed by atoms with E-state index in [1.54, 1.807) is 0 Å². The molecule has 1 atom stereocenters. The summed E-state index contributed by atoms with van der Waals surface area (Å²) in [5.74, 6) is 0.580. The predicted octanol–water partition coefficient (Wildman–Crippen LogP) is 3.32. The molecule has 1 unspecified atom stereocenters. The molecule has 11 heavy (non-hydrogen) atoms. The molecule has 1 aromatic rings. The molecule has 0 aliphatic carbocycles. The summed E-state index contributed by atoms with van der Waals surface area (Å²) in [5.41, 5.74) is 2.83. The van der Waals surface area contributed by atoms with Crippen LogP contribution in [0.1, 0.15) is 30.9 Å². The lowest BCUT2D eigenvalue weighted by Gasteiger charge is -2.10. The highest BCUT2D eigenvalue weighted by Crippen LogP contribution is 2.20. The standard InChI is InChI=1S/C11H15/c1-4-9(2)11-8-6-5-7-10(11)3/h4-9H,1-3H3. The van der Waals surface area contributed by atoms with Crippen molar-refractivity contribution in [1.29, 1.82) is 0 Å². The van der Waals surface area contributed by atoms with Crippen LogP contribution in [0.15, 0.2) is 24.3 Å². The van der Waals surface area contributed by atoms with Crippen molar-refractivity contribution in [2.45, 2.75) is 26.7 Å². The third-order valence-electron chi connectivity index (χ3n) is 2.18. The van der Waals surface area contributed by atoms with Gasteiger partial charge in [-0.25, -0.2) is 0 Å². The SMILES string of the molecule is C[CH]C(C)c1ccccc1C. The Labute approximate surface area is 69.3 Å². The number of hydrogen-bond donors (Lipinski definition) is 0. The molecule has 0 spiro atoms. The van der Waals surface area contributed by atoms with Gasteiger partial charge in [0.05, 0.1) is 0 Å². The van der Waals surface area contributed by atoms with Crippen LogP contribution in [0.2, 0.25) is 0 Å². The van der Waals surface area contributed by atoms with Gasteiger partial charge in [-0.05, 0) is 30.4 Å². The fourth-order valence-electron chi connectivity index (χ4n) is 1.28. The summed E-state index contributed by atoms with van der Waals surface area (Å²) >= 11 is 0. The van der Waals surface area contributed by atoms with Crippen molar-refractivity contribution < 1.29 is 0 Å². The first-order chi connectivity index (χ1) is 5.25. The van der Waals surface area contributed by atoms with Gasteiger partial charge in [0.25, 0.3) is 0 Å². The lowest BCUT2D eigenvalue weighted by atomic mass is 9.95. The first-order valence-electron chi connectivity index (χ1n) is 4.10. The molecule has 0 N–H and O–H groups in total. The Bertz CT molecular complexity index is 225. The van der Waals surface area contributed by atoms with Crippen molar-refractivity contribution in [2.75, 3.05) is 0 Å². The Morgan fingerprint density at radius 1 is 1.27 bits per heavy atom. The van der Waals surface area contributed by atoms with Crippen LogP contribution in [0.25, 0.3) is 0 Å². The van der Waals surface area contributed by atoms with Gasteiger partial charge in [-0.3, -0.25) is 0 Å². The highest BCUT2D eigenvalue weighted by molar-refractivity contribution is 5.29. The highest BCUT2D eigenvalue weighted by Gasteiger charge is 2.03. The maximum Gasteiger partial charge on any atom is -0.0159 e. The monoisotopic (exact) mass is 147 g/mol. The predicted molar refractivity (Wildman–Crippen MR) is 49.6 cm³/mol. The van der Waals surface area contributed by atoms with E-state index in [4.69, 9.17) is 0 Å². The van der Waals surface area contributed by atoms with Crippen LogP contribution in [0.3, 0.4) is 0 Å². The van der Waals surface area contributed by atoms with Crippen LogP contribution >= 0.6 is 0 Å². The van der Waals surface area contributed by atoms with Gasteiger partial charge in [0, 0.05) is 0 Å². The molecular weight excluding hydrogens is 132 g/mol. The van der Waals surface area contributed by atoms with Crippen molar-refractivity contribution in [2.24, 2.45) is 0 Å². The Balaban J connectivity index is 2.93. The van der Waals surface area contributed by atoms with Gasteiger partial charge in [-0.15, -0.1) is 0 Å². The van der Waals surface area contributed by atoms with Crippen LogP contribution < -0.4 is 0 Å². The summed E-state index contributed by atoms with van der Waals surface area (Å²) in [6.07, 6.45) is 2.22. The van der Waals surface area contributed by atoms with Gasteiger partial charge in [-0.1, -0.05) is 38.1 Å². The summed E-state index contributed by atoms with van der Waals surface area (Å²) in [6, 6.07) is 8.54. The molecule has 0 aliphatic heterocycles. The fourth-order valence-corrected chi connectivity index (χ4v) is 1.28. The second-order valence-electron chi connectivity index (χ2n) is 2.98. The molecule has 59 valence electrons. The molecule has 0 fully saturated rings. The summed E-state index contributed by atoms with van der Waals surface area (Å²) < 4.78 is 0. The zero-order valence-electron chi connectivity index (χ0n) is 7.46. The van der Waals surface area contributed by atoms with E-state index in [0.717, 1.165) is 0 Å². The molecule has 0 heteroatoms. The van der Waals surface area contributed by atoms with Gasteiger partial charge in [0.15, 0.2) is 0 Å². The third-order valence-corrected chi connectivity index (χ3v) is 2.18. The topological polar surface area (TPSA) is 0 Å². The molecule has 0 aromatic heterocycles. The van der Waals surface area contributed by atoms with Crippen molar-refractivity contribution in [3.63, 3.8) is 0 Å². The second-order valence-corrected chi connectivity index (χ2v) is 2.98. The van der Waals surface area contributed by atoms with Crippen LogP contribution in [0, 0.1) is 13.3 Å². The Hall–Kier alpha value is -0.780. The zero-order valence-corrected chi connectivity index (χ0v) is 7.46. The molecule has 0 bridgehead atoms. The van der Waals surface area contributed by atoms with Crippen molar-refractivity contribution in [1.82, 2.24) is 0 Å². The Kier molecular flexibility index (Phi) is 2.70. The summed E-state index contributed by atoms with van der Waals surface area (Å²) in [5, 5.41) is 0. The van der Waals surface area contributed by atoms with Crippen molar-refractivity contribution >= 4 is 0 Å². The smallest absolute Gasteiger partial charge is 0.0159 e. The van der Waals surface area contributed by atoms with E-state index >= 15 is 0 Å². The molecule has 1 aromatic carbocycles. The lowest BCUT2D eigenvalue weighted by molar-refractivity contribution is 0.877. The Morgan fingerprint density at radius 3 is 2.45 bits per heavy atom. The number of aryl methyl sites for hydroxylation is 1. The van der Waals surface area contributed by atoms with E-state index in [9.17, 15) is 0 Å². The minimum Gasteiger partial charge on any atom is -0.0620 e. The van der Waals surface area contributed by atoms with Crippen molar-refractivity contribution in [3.05, 3.63) is 41.8 Å². The molecule has 0 nitrogen and oxygen atoms in total. The maximum absolute atomic E-state index is 2.22. The normalized spacial score (nSPS) is 13.0. The van der Waals surface area contributed by atoms with Crippen LogP contribution in [-0.4, -0.2) is 0 Å². The minimum atomic E-state index is 0.580. The highest BCUT2D eigenvalue weighted by atomic mass is 14.1. The number of rotatable bonds is 2. The average Bonchev–Trinajstić information content (AvgIpc) is 2.04. The maximum atomic E-state index is 2.22. The third kappa shape index (κ3) is 1.83. The molecule has 1 rings (SSSR count). The molecular formula is C11H15. The first-order valence-corrected chi connectivity index (χ1v) is 4.10. The lowest BCUT2D eigenvalue weighted by Crippen LogP contribution is -1.94.